The van der Waals surface area contributed by atoms with E-state index in [-0.39, 0.29) is 41.6 Å². The number of carbonyl (C=O) groups is 2. The van der Waals surface area contributed by atoms with E-state index in [1.807, 2.05) is 18.7 Å². The molecule has 2 fully saturated rings. The van der Waals surface area contributed by atoms with Crippen molar-refractivity contribution in [3.63, 3.8) is 0 Å². The van der Waals surface area contributed by atoms with Crippen LogP contribution in [0.1, 0.15) is 65.2 Å². The molecule has 24 heavy (non-hydrogen) atoms. The Morgan fingerprint density at radius 1 is 1.17 bits per heavy atom. The van der Waals surface area contributed by atoms with Gasteiger partial charge in [-0.05, 0) is 37.6 Å². The van der Waals surface area contributed by atoms with Gasteiger partial charge in [-0.25, -0.2) is 0 Å². The highest BCUT2D eigenvalue weighted by atomic mass is 35.5. The number of likely N-dealkylation sites (tertiary alicyclic amines) is 1. The summed E-state index contributed by atoms with van der Waals surface area (Å²) >= 11 is 0. The molecule has 0 aromatic carbocycles. The SMILES string of the molecule is CC(C)C(=O)NC1CCN(C(=O)CC2(CN)CCCCC2)CC1.Cl. The van der Waals surface area contributed by atoms with Crippen molar-refractivity contribution in [2.24, 2.45) is 17.1 Å². The Bertz CT molecular complexity index is 414. The van der Waals surface area contributed by atoms with Crippen LogP contribution in [-0.2, 0) is 9.59 Å². The molecule has 1 heterocycles. The molecule has 3 N–H and O–H groups in total. The Kier molecular flexibility index (Phi) is 8.51. The molecule has 5 nitrogen and oxygen atoms in total. The predicted octanol–water partition coefficient (Wildman–Crippen LogP) is 2.47. The van der Waals surface area contributed by atoms with E-state index in [2.05, 4.69) is 5.32 Å². The summed E-state index contributed by atoms with van der Waals surface area (Å²) in [6.07, 6.45) is 8.19. The average molecular weight is 360 g/mol. The second-order valence-corrected chi connectivity index (χ2v) is 7.76. The topological polar surface area (TPSA) is 75.4 Å². The molecule has 0 aromatic heterocycles. The summed E-state index contributed by atoms with van der Waals surface area (Å²) < 4.78 is 0. The molecule has 1 saturated heterocycles. The molecule has 6 heteroatoms. The maximum absolute atomic E-state index is 12.7. The molecule has 0 radical (unpaired) electrons. The van der Waals surface area contributed by atoms with Crippen molar-refractivity contribution in [1.82, 2.24) is 10.2 Å². The largest absolute Gasteiger partial charge is 0.353 e. The summed E-state index contributed by atoms with van der Waals surface area (Å²) in [4.78, 5) is 26.4. The molecular weight excluding hydrogens is 326 g/mol. The fourth-order valence-electron chi connectivity index (χ4n) is 3.83. The maximum Gasteiger partial charge on any atom is 0.223 e. The van der Waals surface area contributed by atoms with Gasteiger partial charge in [-0.3, -0.25) is 9.59 Å². The Morgan fingerprint density at radius 3 is 2.25 bits per heavy atom. The number of hydrogen-bond acceptors (Lipinski definition) is 3. The van der Waals surface area contributed by atoms with Crippen LogP contribution in [-0.4, -0.2) is 42.4 Å². The Balaban J connectivity index is 0.00000288. The normalized spacial score (nSPS) is 21.2. The van der Waals surface area contributed by atoms with Gasteiger partial charge in [0.2, 0.25) is 11.8 Å². The van der Waals surface area contributed by atoms with Gasteiger partial charge < -0.3 is 16.0 Å². The first-order valence-corrected chi connectivity index (χ1v) is 9.24. The number of nitrogens with one attached hydrogen (secondary N) is 1. The highest BCUT2D eigenvalue weighted by molar-refractivity contribution is 5.85. The van der Waals surface area contributed by atoms with Crippen molar-refractivity contribution in [3.8, 4) is 0 Å². The van der Waals surface area contributed by atoms with Crippen LogP contribution in [0, 0.1) is 11.3 Å². The van der Waals surface area contributed by atoms with E-state index in [1.54, 1.807) is 0 Å². The molecule has 1 saturated carbocycles. The first-order chi connectivity index (χ1) is 11.0. The molecule has 1 aliphatic heterocycles. The first-order valence-electron chi connectivity index (χ1n) is 9.24. The first kappa shape index (κ1) is 21.2. The quantitative estimate of drug-likeness (QED) is 0.791. The number of hydrogen-bond donors (Lipinski definition) is 2. The maximum atomic E-state index is 12.7. The van der Waals surface area contributed by atoms with Gasteiger partial charge in [0.25, 0.3) is 0 Å². The lowest BCUT2D eigenvalue weighted by Crippen LogP contribution is -2.48. The van der Waals surface area contributed by atoms with Gasteiger partial charge >= 0.3 is 0 Å². The standard InChI is InChI=1S/C18H33N3O2.ClH/c1-14(2)17(23)20-15-6-10-21(11-7-15)16(22)12-18(13-19)8-4-3-5-9-18;/h14-15H,3-13,19H2,1-2H3,(H,20,23);1H. The smallest absolute Gasteiger partial charge is 0.223 e. The van der Waals surface area contributed by atoms with Crippen LogP contribution < -0.4 is 11.1 Å². The molecule has 0 unspecified atom stereocenters. The van der Waals surface area contributed by atoms with Crippen molar-refractivity contribution in [2.75, 3.05) is 19.6 Å². The molecule has 0 spiro atoms. The third kappa shape index (κ3) is 5.62. The highest BCUT2D eigenvalue weighted by Crippen LogP contribution is 2.39. The summed E-state index contributed by atoms with van der Waals surface area (Å²) in [6.45, 7) is 5.94. The zero-order valence-electron chi connectivity index (χ0n) is 15.2. The van der Waals surface area contributed by atoms with E-state index < -0.39 is 0 Å². The minimum Gasteiger partial charge on any atom is -0.353 e. The monoisotopic (exact) mass is 359 g/mol. The minimum absolute atomic E-state index is 0. The van der Waals surface area contributed by atoms with Crippen LogP contribution in [0.5, 0.6) is 0 Å². The van der Waals surface area contributed by atoms with E-state index in [0.717, 1.165) is 38.8 Å². The number of amides is 2. The predicted molar refractivity (Wildman–Crippen MR) is 99.0 cm³/mol. The Morgan fingerprint density at radius 2 is 1.75 bits per heavy atom. The van der Waals surface area contributed by atoms with Crippen LogP contribution in [0.3, 0.4) is 0 Å². The Labute approximate surface area is 152 Å². The van der Waals surface area contributed by atoms with Gasteiger partial charge in [0.05, 0.1) is 0 Å². The van der Waals surface area contributed by atoms with Crippen molar-refractivity contribution < 1.29 is 9.59 Å². The number of piperidine rings is 1. The van der Waals surface area contributed by atoms with Gasteiger partial charge in [0.15, 0.2) is 0 Å². The Hall–Kier alpha value is -0.810. The third-order valence-electron chi connectivity index (χ3n) is 5.59. The van der Waals surface area contributed by atoms with Crippen LogP contribution in [0.15, 0.2) is 0 Å². The zero-order chi connectivity index (χ0) is 16.9. The second-order valence-electron chi connectivity index (χ2n) is 7.76. The zero-order valence-corrected chi connectivity index (χ0v) is 16.0. The van der Waals surface area contributed by atoms with Crippen molar-refractivity contribution in [1.29, 1.82) is 0 Å². The number of rotatable bonds is 5. The molecule has 0 atom stereocenters. The van der Waals surface area contributed by atoms with Gasteiger partial charge in [-0.2, -0.15) is 0 Å². The number of nitrogens with two attached hydrogens (primary N) is 1. The van der Waals surface area contributed by atoms with Gasteiger partial charge in [-0.1, -0.05) is 33.1 Å². The van der Waals surface area contributed by atoms with E-state index >= 15 is 0 Å². The lowest BCUT2D eigenvalue weighted by Gasteiger charge is -2.39. The number of carbonyl (C=O) groups excluding carboxylic acids is 2. The van der Waals surface area contributed by atoms with E-state index in [4.69, 9.17) is 5.73 Å². The fourth-order valence-corrected chi connectivity index (χ4v) is 3.83. The van der Waals surface area contributed by atoms with Crippen molar-refractivity contribution in [3.05, 3.63) is 0 Å². The van der Waals surface area contributed by atoms with Crippen LogP contribution in [0.2, 0.25) is 0 Å². The summed E-state index contributed by atoms with van der Waals surface area (Å²) in [7, 11) is 0. The molecular formula is C18H34ClN3O2. The number of nitrogens with zero attached hydrogens (tertiary/aromatic N) is 1. The van der Waals surface area contributed by atoms with Crippen LogP contribution >= 0.6 is 12.4 Å². The van der Waals surface area contributed by atoms with E-state index in [1.165, 1.54) is 19.3 Å². The third-order valence-corrected chi connectivity index (χ3v) is 5.59. The van der Waals surface area contributed by atoms with Crippen LogP contribution in [0.25, 0.3) is 0 Å². The molecule has 2 aliphatic rings. The molecule has 140 valence electrons. The minimum atomic E-state index is 0. The molecule has 0 aromatic rings. The molecule has 2 rings (SSSR count). The van der Waals surface area contributed by atoms with Crippen LogP contribution in [0.4, 0.5) is 0 Å². The fraction of sp³-hybridized carbons (Fsp3) is 0.889. The van der Waals surface area contributed by atoms with Crippen molar-refractivity contribution in [2.45, 2.75) is 71.3 Å². The van der Waals surface area contributed by atoms with Gasteiger partial charge in [0, 0.05) is 31.5 Å². The highest BCUT2D eigenvalue weighted by Gasteiger charge is 2.35. The summed E-state index contributed by atoms with van der Waals surface area (Å²) in [5.74, 6) is 0.385. The molecule has 2 amide bonds. The summed E-state index contributed by atoms with van der Waals surface area (Å²) in [5.41, 5.74) is 6.04. The summed E-state index contributed by atoms with van der Waals surface area (Å²) in [5, 5.41) is 3.08. The lowest BCUT2D eigenvalue weighted by molar-refractivity contribution is -0.135. The lowest BCUT2D eigenvalue weighted by atomic mass is 9.71. The molecule has 0 bridgehead atoms. The van der Waals surface area contributed by atoms with E-state index in [9.17, 15) is 9.59 Å². The van der Waals surface area contributed by atoms with Gasteiger partial charge in [-0.15, -0.1) is 12.4 Å². The van der Waals surface area contributed by atoms with Crippen molar-refractivity contribution >= 4 is 24.2 Å². The average Bonchev–Trinajstić information content (AvgIpc) is 2.56. The van der Waals surface area contributed by atoms with Gasteiger partial charge in [0.1, 0.15) is 0 Å². The molecule has 1 aliphatic carbocycles. The summed E-state index contributed by atoms with van der Waals surface area (Å²) in [6, 6.07) is 0.215. The number of halogens is 1. The second kappa shape index (κ2) is 9.62. The van der Waals surface area contributed by atoms with E-state index in [0.29, 0.717) is 13.0 Å².